The average molecular weight is 377 g/mol. The Kier molecular flexibility index (Phi) is 5.53. The van der Waals surface area contributed by atoms with Crippen molar-refractivity contribution in [2.75, 3.05) is 0 Å². The molecule has 142 valence electrons. The van der Waals surface area contributed by atoms with Gasteiger partial charge in [0.1, 0.15) is 5.82 Å². The van der Waals surface area contributed by atoms with Crippen LogP contribution in [0.2, 0.25) is 0 Å². The van der Waals surface area contributed by atoms with Crippen molar-refractivity contribution in [1.29, 1.82) is 0 Å². The van der Waals surface area contributed by atoms with Crippen molar-refractivity contribution in [1.82, 2.24) is 9.55 Å². The van der Waals surface area contributed by atoms with Gasteiger partial charge in [-0.2, -0.15) is 0 Å². The van der Waals surface area contributed by atoms with E-state index in [9.17, 15) is 0 Å². The number of aromatic nitrogens is 2. The first kappa shape index (κ1) is 18.7. The number of aryl methyl sites for hydroxylation is 2. The van der Waals surface area contributed by atoms with Crippen LogP contribution in [0.4, 0.5) is 0 Å². The molecule has 0 unspecified atom stereocenters. The van der Waals surface area contributed by atoms with Crippen molar-refractivity contribution >= 4 is 24.3 Å². The molecule has 0 aliphatic rings. The first-order valence-corrected chi connectivity index (χ1v) is 9.82. The van der Waals surface area contributed by atoms with Gasteiger partial charge in [0.05, 0.1) is 0 Å². The van der Waals surface area contributed by atoms with Gasteiger partial charge in [0.25, 0.3) is 0 Å². The molecule has 0 spiro atoms. The second kappa shape index (κ2) is 8.57. The normalized spacial score (nSPS) is 11.5. The molecule has 0 bridgehead atoms. The fraction of sp³-hybridized carbons (Fsp3) is 0.0741. The lowest BCUT2D eigenvalue weighted by molar-refractivity contribution is 0.985. The Morgan fingerprint density at radius 3 is 1.55 bits per heavy atom. The summed E-state index contributed by atoms with van der Waals surface area (Å²) in [6.07, 6.45) is 10.4. The Morgan fingerprint density at radius 2 is 1.10 bits per heavy atom. The van der Waals surface area contributed by atoms with Crippen LogP contribution in [0.25, 0.3) is 30.1 Å². The van der Waals surface area contributed by atoms with Gasteiger partial charge in [0.2, 0.25) is 0 Å². The van der Waals surface area contributed by atoms with E-state index in [0.29, 0.717) is 0 Å². The van der Waals surface area contributed by atoms with Crippen molar-refractivity contribution in [3.8, 4) is 5.82 Å². The fourth-order valence-corrected chi connectivity index (χ4v) is 3.20. The summed E-state index contributed by atoms with van der Waals surface area (Å²) in [5.41, 5.74) is 7.08. The number of hydrogen-bond donors (Lipinski definition) is 0. The smallest absolute Gasteiger partial charge is 0.137 e. The van der Waals surface area contributed by atoms with E-state index in [4.69, 9.17) is 0 Å². The molecule has 0 aliphatic heterocycles. The highest BCUT2D eigenvalue weighted by Crippen LogP contribution is 2.20. The van der Waals surface area contributed by atoms with E-state index in [0.717, 1.165) is 17.2 Å². The van der Waals surface area contributed by atoms with Crippen molar-refractivity contribution in [2.45, 2.75) is 13.8 Å². The molecule has 0 N–H and O–H groups in total. The van der Waals surface area contributed by atoms with Crippen molar-refractivity contribution in [3.05, 3.63) is 119 Å². The largest absolute Gasteiger partial charge is 0.295 e. The zero-order valence-corrected chi connectivity index (χ0v) is 16.8. The summed E-state index contributed by atoms with van der Waals surface area (Å²) in [5.74, 6) is 0.907. The van der Waals surface area contributed by atoms with Crippen LogP contribution in [0.3, 0.4) is 0 Å². The average Bonchev–Trinajstić information content (AvgIpc) is 3.16. The molecule has 0 radical (unpaired) electrons. The van der Waals surface area contributed by atoms with Crippen LogP contribution < -0.4 is 0 Å². The third-order valence-corrected chi connectivity index (χ3v) is 4.87. The SMILES string of the molecule is Cc1ccc(C=Cc2ccc(C=Cc3ccc(C)cc3)n2-c2ccccn2)cc1. The van der Waals surface area contributed by atoms with E-state index >= 15 is 0 Å². The Labute approximate surface area is 172 Å². The Hall–Kier alpha value is -3.65. The van der Waals surface area contributed by atoms with Crippen LogP contribution in [-0.4, -0.2) is 9.55 Å². The molecule has 0 saturated carbocycles. The minimum atomic E-state index is 0.907. The van der Waals surface area contributed by atoms with Crippen LogP contribution >= 0.6 is 0 Å². The monoisotopic (exact) mass is 376 g/mol. The van der Waals surface area contributed by atoms with E-state index in [1.165, 1.54) is 22.3 Å². The van der Waals surface area contributed by atoms with Gasteiger partial charge in [0.15, 0.2) is 0 Å². The van der Waals surface area contributed by atoms with Gasteiger partial charge in [-0.15, -0.1) is 0 Å². The van der Waals surface area contributed by atoms with Gasteiger partial charge in [-0.1, -0.05) is 77.9 Å². The lowest BCUT2D eigenvalue weighted by atomic mass is 10.1. The molecule has 0 aliphatic carbocycles. The van der Waals surface area contributed by atoms with Crippen LogP contribution in [0.1, 0.15) is 33.6 Å². The highest BCUT2D eigenvalue weighted by Gasteiger charge is 2.07. The zero-order chi connectivity index (χ0) is 20.1. The summed E-state index contributed by atoms with van der Waals surface area (Å²) < 4.78 is 2.18. The Bertz CT molecular complexity index is 1060. The quantitative estimate of drug-likeness (QED) is 0.373. The predicted octanol–water partition coefficient (Wildman–Crippen LogP) is 6.83. The third-order valence-electron chi connectivity index (χ3n) is 4.87. The summed E-state index contributed by atoms with van der Waals surface area (Å²) in [5, 5.41) is 0. The second-order valence-electron chi connectivity index (χ2n) is 7.19. The molecule has 0 fully saturated rings. The van der Waals surface area contributed by atoms with Gasteiger partial charge in [-0.25, -0.2) is 4.98 Å². The molecule has 2 aromatic carbocycles. The Morgan fingerprint density at radius 1 is 0.586 bits per heavy atom. The fourth-order valence-electron chi connectivity index (χ4n) is 3.20. The molecular weight excluding hydrogens is 352 g/mol. The number of pyridine rings is 1. The molecule has 0 amide bonds. The van der Waals surface area contributed by atoms with Crippen molar-refractivity contribution in [2.24, 2.45) is 0 Å². The van der Waals surface area contributed by atoms with Crippen LogP contribution in [0.15, 0.2) is 85.1 Å². The van der Waals surface area contributed by atoms with E-state index < -0.39 is 0 Å². The van der Waals surface area contributed by atoms with Crippen LogP contribution in [0, 0.1) is 13.8 Å². The summed E-state index contributed by atoms with van der Waals surface area (Å²) in [6, 6.07) is 27.3. The first-order chi connectivity index (χ1) is 14.2. The highest BCUT2D eigenvalue weighted by molar-refractivity contribution is 5.74. The lowest BCUT2D eigenvalue weighted by Crippen LogP contribution is -2.01. The maximum Gasteiger partial charge on any atom is 0.137 e. The van der Waals surface area contributed by atoms with Gasteiger partial charge in [0, 0.05) is 17.6 Å². The lowest BCUT2D eigenvalue weighted by Gasteiger charge is -2.09. The predicted molar refractivity (Wildman–Crippen MR) is 124 cm³/mol. The van der Waals surface area contributed by atoms with Crippen molar-refractivity contribution < 1.29 is 0 Å². The number of nitrogens with zero attached hydrogens (tertiary/aromatic N) is 2. The molecule has 4 aromatic rings. The van der Waals surface area contributed by atoms with Crippen LogP contribution in [0.5, 0.6) is 0 Å². The topological polar surface area (TPSA) is 17.8 Å². The summed E-state index contributed by atoms with van der Waals surface area (Å²) in [7, 11) is 0. The molecule has 2 heterocycles. The molecule has 2 aromatic heterocycles. The van der Waals surface area contributed by atoms with E-state index in [2.05, 4.69) is 108 Å². The summed E-state index contributed by atoms with van der Waals surface area (Å²) >= 11 is 0. The molecule has 2 nitrogen and oxygen atoms in total. The Balaban J connectivity index is 1.70. The van der Waals surface area contributed by atoms with Gasteiger partial charge in [-0.3, -0.25) is 4.57 Å². The van der Waals surface area contributed by atoms with Gasteiger partial charge >= 0.3 is 0 Å². The molecule has 4 rings (SSSR count). The van der Waals surface area contributed by atoms with E-state index in [-0.39, 0.29) is 0 Å². The number of benzene rings is 2. The third kappa shape index (κ3) is 4.61. The molecule has 0 atom stereocenters. The summed E-state index contributed by atoms with van der Waals surface area (Å²) in [6.45, 7) is 4.21. The van der Waals surface area contributed by atoms with Crippen LogP contribution in [-0.2, 0) is 0 Å². The molecule has 0 saturated heterocycles. The van der Waals surface area contributed by atoms with Gasteiger partial charge < -0.3 is 0 Å². The van der Waals surface area contributed by atoms with E-state index in [1.54, 1.807) is 0 Å². The molecule has 29 heavy (non-hydrogen) atoms. The number of rotatable bonds is 5. The van der Waals surface area contributed by atoms with Gasteiger partial charge in [-0.05, 0) is 61.4 Å². The number of hydrogen-bond acceptors (Lipinski definition) is 1. The maximum absolute atomic E-state index is 4.57. The maximum atomic E-state index is 4.57. The second-order valence-corrected chi connectivity index (χ2v) is 7.19. The summed E-state index contributed by atoms with van der Waals surface area (Å²) in [4.78, 5) is 4.57. The minimum absolute atomic E-state index is 0.907. The highest BCUT2D eigenvalue weighted by atomic mass is 15.1. The standard InChI is InChI=1S/C27H24N2/c1-21-6-10-23(11-7-21)14-16-25-18-19-26(29(25)27-5-3-4-20-28-27)17-15-24-12-8-22(2)9-13-24/h3-20H,1-2H3. The minimum Gasteiger partial charge on any atom is -0.295 e. The van der Waals surface area contributed by atoms with E-state index in [1.807, 2.05) is 24.4 Å². The van der Waals surface area contributed by atoms with Crippen molar-refractivity contribution in [3.63, 3.8) is 0 Å². The zero-order valence-electron chi connectivity index (χ0n) is 16.8. The first-order valence-electron chi connectivity index (χ1n) is 9.82. The molecular formula is C27H24N2. The molecule has 2 heteroatoms.